The molecule has 2 aromatic carbocycles. The van der Waals surface area contributed by atoms with Crippen LogP contribution in [0.3, 0.4) is 0 Å². The molecule has 0 radical (unpaired) electrons. The van der Waals surface area contributed by atoms with E-state index >= 15 is 4.39 Å². The topological polar surface area (TPSA) is 75.7 Å². The van der Waals surface area contributed by atoms with Gasteiger partial charge in [-0.05, 0) is 43.0 Å². The molecule has 12 heteroatoms. The van der Waals surface area contributed by atoms with Crippen LogP contribution in [0.2, 0.25) is 0 Å². The Labute approximate surface area is 204 Å². The zero-order valence-corrected chi connectivity index (χ0v) is 19.7. The number of alkyl halides is 2. The number of nitrogens with zero attached hydrogens (tertiary/aromatic N) is 1. The Kier molecular flexibility index (Phi) is 6.32. The van der Waals surface area contributed by atoms with Crippen molar-refractivity contribution < 1.29 is 39.9 Å². The highest BCUT2D eigenvalue weighted by atomic mass is 32.2. The first-order valence-electron chi connectivity index (χ1n) is 11.5. The Morgan fingerprint density at radius 2 is 1.86 bits per heavy atom. The van der Waals surface area contributed by atoms with Gasteiger partial charge >= 0.3 is 5.76 Å². The van der Waals surface area contributed by atoms with Crippen LogP contribution in [-0.4, -0.2) is 56.3 Å². The summed E-state index contributed by atoms with van der Waals surface area (Å²) in [6.07, 6.45) is 0.517. The minimum absolute atomic E-state index is 0.00688. The molecule has 36 heavy (non-hydrogen) atoms. The van der Waals surface area contributed by atoms with Crippen LogP contribution in [0.15, 0.2) is 36.4 Å². The van der Waals surface area contributed by atoms with Crippen molar-refractivity contribution in [1.29, 1.82) is 0 Å². The summed E-state index contributed by atoms with van der Waals surface area (Å²) >= 11 is 0. The molecule has 1 saturated carbocycles. The fourth-order valence-electron chi connectivity index (χ4n) is 5.16. The van der Waals surface area contributed by atoms with Crippen molar-refractivity contribution in [1.82, 2.24) is 9.62 Å². The van der Waals surface area contributed by atoms with Crippen molar-refractivity contribution in [2.75, 3.05) is 13.2 Å². The van der Waals surface area contributed by atoms with Crippen LogP contribution >= 0.6 is 0 Å². The van der Waals surface area contributed by atoms with Gasteiger partial charge in [0.05, 0.1) is 12.6 Å². The summed E-state index contributed by atoms with van der Waals surface area (Å²) in [6.45, 7) is 0.504. The van der Waals surface area contributed by atoms with E-state index in [1.807, 2.05) is 0 Å². The average molecular weight is 531 g/mol. The smallest absolute Gasteiger partial charge is 0.350 e. The number of nitrogens with one attached hydrogen (secondary N) is 1. The predicted molar refractivity (Wildman–Crippen MR) is 119 cm³/mol. The average Bonchev–Trinajstić information content (AvgIpc) is 3.50. The van der Waals surface area contributed by atoms with E-state index in [-0.39, 0.29) is 29.7 Å². The number of carbonyl (C=O) groups is 1. The van der Waals surface area contributed by atoms with Gasteiger partial charge in [0.15, 0.2) is 0 Å². The lowest BCUT2D eigenvalue weighted by molar-refractivity contribution is -0.157. The van der Waals surface area contributed by atoms with Crippen LogP contribution in [0, 0.1) is 22.9 Å². The zero-order valence-electron chi connectivity index (χ0n) is 18.9. The molecule has 2 aromatic rings. The maximum absolute atomic E-state index is 15.6. The summed E-state index contributed by atoms with van der Waals surface area (Å²) in [5, 5.41) is 0. The maximum Gasteiger partial charge on any atom is 0.350 e. The fraction of sp³-hybridized carbons (Fsp3) is 0.458. The van der Waals surface area contributed by atoms with Gasteiger partial charge in [0.2, 0.25) is 0 Å². The lowest BCUT2D eigenvalue weighted by Gasteiger charge is -2.34. The molecule has 6 nitrogen and oxygen atoms in total. The zero-order chi connectivity index (χ0) is 25.8. The van der Waals surface area contributed by atoms with Crippen molar-refractivity contribution in [2.45, 2.75) is 49.6 Å². The number of likely N-dealkylation sites (tertiary alicyclic amines) is 1. The van der Waals surface area contributed by atoms with Crippen LogP contribution in [-0.2, 0) is 26.0 Å². The third kappa shape index (κ3) is 4.39. The van der Waals surface area contributed by atoms with E-state index in [0.29, 0.717) is 25.9 Å². The minimum atomic E-state index is -5.01. The number of amides is 1. The third-order valence-electron chi connectivity index (χ3n) is 7.33. The number of sulfonamides is 1. The Hall–Kier alpha value is -2.57. The first kappa shape index (κ1) is 25.1. The molecule has 0 aromatic heterocycles. The summed E-state index contributed by atoms with van der Waals surface area (Å²) in [7, 11) is -5.01. The highest BCUT2D eigenvalue weighted by Crippen LogP contribution is 2.56. The van der Waals surface area contributed by atoms with Crippen molar-refractivity contribution in [3.63, 3.8) is 0 Å². The highest BCUT2D eigenvalue weighted by molar-refractivity contribution is 7.89. The quantitative estimate of drug-likeness (QED) is 0.556. The first-order chi connectivity index (χ1) is 17.0. The summed E-state index contributed by atoms with van der Waals surface area (Å²) in [4.78, 5) is 14.5. The molecule has 1 amide bonds. The van der Waals surface area contributed by atoms with Gasteiger partial charge in [-0.15, -0.1) is 0 Å². The number of rotatable bonds is 7. The van der Waals surface area contributed by atoms with Crippen molar-refractivity contribution in [3.8, 4) is 11.1 Å². The monoisotopic (exact) mass is 530 g/mol. The standard InChI is InChI=1S/C24H23F5N2O4S/c25-14-4-5-17(26)16(11-14)15-3-1-2-13(20(15)27)10-18-21(30-36(33,34)23(28)29)24(7-8-24)12-31(18)22(32)19-6-9-35-19/h1-5,11,18-19,21,23,30H,6-10,12H2/t18-,19?,21+/m0/s1. The highest BCUT2D eigenvalue weighted by Gasteiger charge is 2.62. The van der Waals surface area contributed by atoms with Crippen molar-refractivity contribution >= 4 is 15.9 Å². The van der Waals surface area contributed by atoms with Gasteiger partial charge in [-0.3, -0.25) is 4.79 Å². The summed E-state index contributed by atoms with van der Waals surface area (Å²) in [5.74, 6) is -6.57. The number of hydrogen-bond donors (Lipinski definition) is 1. The van der Waals surface area contributed by atoms with E-state index in [1.165, 1.54) is 23.1 Å². The molecular weight excluding hydrogens is 507 g/mol. The Morgan fingerprint density at radius 3 is 2.47 bits per heavy atom. The molecule has 3 fully saturated rings. The van der Waals surface area contributed by atoms with Gasteiger partial charge < -0.3 is 9.64 Å². The third-order valence-corrected chi connectivity index (χ3v) is 8.38. The second-order valence-corrected chi connectivity index (χ2v) is 11.2. The van der Waals surface area contributed by atoms with E-state index in [2.05, 4.69) is 4.72 Å². The van der Waals surface area contributed by atoms with Gasteiger partial charge in [-0.25, -0.2) is 26.3 Å². The van der Waals surface area contributed by atoms with Crippen molar-refractivity contribution in [3.05, 3.63) is 59.4 Å². The lowest BCUT2D eigenvalue weighted by atomic mass is 9.91. The van der Waals surface area contributed by atoms with Gasteiger partial charge in [0, 0.05) is 35.5 Å². The van der Waals surface area contributed by atoms with E-state index in [0.717, 1.165) is 18.2 Å². The summed E-state index contributed by atoms with van der Waals surface area (Å²) in [5.41, 5.74) is -1.25. The van der Waals surface area contributed by atoms with Gasteiger partial charge in [0.1, 0.15) is 23.6 Å². The van der Waals surface area contributed by atoms with E-state index < -0.39 is 62.7 Å². The molecule has 2 heterocycles. The minimum Gasteiger partial charge on any atom is -0.368 e. The molecular formula is C24H23F5N2O4S. The fourth-order valence-corrected chi connectivity index (χ4v) is 6.03. The predicted octanol–water partition coefficient (Wildman–Crippen LogP) is 3.60. The Morgan fingerprint density at radius 1 is 1.14 bits per heavy atom. The molecule has 1 spiro atoms. The number of hydrogen-bond acceptors (Lipinski definition) is 4. The molecule has 2 aliphatic heterocycles. The number of ether oxygens (including phenoxy) is 1. The van der Waals surface area contributed by atoms with Crippen LogP contribution in [0.25, 0.3) is 11.1 Å². The molecule has 1 aliphatic carbocycles. The number of halogens is 5. The van der Waals surface area contributed by atoms with Crippen LogP contribution < -0.4 is 4.72 Å². The molecule has 3 aliphatic rings. The second-order valence-electron chi connectivity index (χ2n) is 9.55. The van der Waals surface area contributed by atoms with Gasteiger partial charge in [-0.2, -0.15) is 8.78 Å². The SMILES string of the molecule is O=C(C1CCO1)N1CC2(CC2)[C@H](NS(=O)(=O)C(F)F)[C@@H]1Cc1cccc(-c2cc(F)ccc2F)c1F. The normalized spacial score (nSPS) is 24.8. The molecule has 1 unspecified atom stereocenters. The van der Waals surface area contributed by atoms with E-state index in [1.54, 1.807) is 0 Å². The Bertz CT molecular complexity index is 1300. The Balaban J connectivity index is 1.53. The molecule has 5 rings (SSSR count). The van der Waals surface area contributed by atoms with Gasteiger partial charge in [-0.1, -0.05) is 18.2 Å². The van der Waals surface area contributed by atoms with E-state index in [4.69, 9.17) is 4.74 Å². The number of carbonyl (C=O) groups excluding carboxylic acids is 1. The number of benzene rings is 2. The molecule has 1 N–H and O–H groups in total. The van der Waals surface area contributed by atoms with Crippen molar-refractivity contribution in [2.24, 2.45) is 5.41 Å². The molecule has 0 bridgehead atoms. The summed E-state index contributed by atoms with van der Waals surface area (Å²) < 4.78 is 102. The van der Waals surface area contributed by atoms with E-state index in [9.17, 15) is 30.8 Å². The lowest BCUT2D eigenvalue weighted by Crippen LogP contribution is -2.53. The van der Waals surface area contributed by atoms with Crippen LogP contribution in [0.4, 0.5) is 22.0 Å². The van der Waals surface area contributed by atoms with Crippen LogP contribution in [0.5, 0.6) is 0 Å². The summed E-state index contributed by atoms with van der Waals surface area (Å²) in [6, 6.07) is 4.66. The largest absolute Gasteiger partial charge is 0.368 e. The molecule has 2 saturated heterocycles. The van der Waals surface area contributed by atoms with Gasteiger partial charge in [0.25, 0.3) is 15.9 Å². The first-order valence-corrected chi connectivity index (χ1v) is 13.0. The van der Waals surface area contributed by atoms with Crippen LogP contribution in [0.1, 0.15) is 24.8 Å². The molecule has 3 atom stereocenters. The second kappa shape index (κ2) is 9.07. The molecule has 194 valence electrons. The maximum atomic E-state index is 15.6.